The molecule has 0 bridgehead atoms. The highest BCUT2D eigenvalue weighted by atomic mass is 32.2. The van der Waals surface area contributed by atoms with E-state index in [0.717, 1.165) is 27.8 Å². The van der Waals surface area contributed by atoms with Crippen molar-refractivity contribution < 1.29 is 4.39 Å². The maximum atomic E-state index is 12.9. The number of rotatable bonds is 5. The number of benzene rings is 2. The quantitative estimate of drug-likeness (QED) is 0.510. The number of thioether (sulfide) groups is 1. The van der Waals surface area contributed by atoms with Gasteiger partial charge in [-0.2, -0.15) is 0 Å². The van der Waals surface area contributed by atoms with E-state index in [-0.39, 0.29) is 5.82 Å². The normalized spacial score (nSPS) is 11.4. The van der Waals surface area contributed by atoms with Gasteiger partial charge in [-0.15, -0.1) is 5.10 Å². The monoisotopic (exact) mass is 362 g/mol. The fourth-order valence-electron chi connectivity index (χ4n) is 2.57. The lowest BCUT2D eigenvalue weighted by Gasteiger charge is -2.03. The minimum absolute atomic E-state index is 0.247. The van der Waals surface area contributed by atoms with Crippen molar-refractivity contribution in [2.45, 2.75) is 10.9 Å². The van der Waals surface area contributed by atoms with Gasteiger partial charge in [0.15, 0.2) is 0 Å². The molecular weight excluding hydrogens is 347 g/mol. The molecule has 26 heavy (non-hydrogen) atoms. The molecule has 0 spiro atoms. The Hall–Kier alpha value is -2.99. The molecule has 0 atom stereocenters. The van der Waals surface area contributed by atoms with Crippen molar-refractivity contribution in [3.05, 3.63) is 83.6 Å². The van der Waals surface area contributed by atoms with Gasteiger partial charge in [0.1, 0.15) is 11.6 Å². The summed E-state index contributed by atoms with van der Waals surface area (Å²) in [6, 6.07) is 16.5. The number of hydrogen-bond acceptors (Lipinski definition) is 4. The average molecular weight is 362 g/mol. The van der Waals surface area contributed by atoms with Crippen LogP contribution in [0.5, 0.6) is 0 Å². The summed E-state index contributed by atoms with van der Waals surface area (Å²) >= 11 is 1.56. The Morgan fingerprint density at radius 1 is 1.00 bits per heavy atom. The van der Waals surface area contributed by atoms with Crippen LogP contribution >= 0.6 is 11.8 Å². The Balaban J connectivity index is 1.44. The van der Waals surface area contributed by atoms with Crippen LogP contribution in [0.4, 0.5) is 4.39 Å². The van der Waals surface area contributed by atoms with Gasteiger partial charge in [0.25, 0.3) is 0 Å². The highest BCUT2D eigenvalue weighted by molar-refractivity contribution is 7.98. The smallest absolute Gasteiger partial charge is 0.209 e. The second-order valence-corrected chi connectivity index (χ2v) is 6.61. The Morgan fingerprint density at radius 2 is 1.85 bits per heavy atom. The van der Waals surface area contributed by atoms with Crippen LogP contribution in [0, 0.1) is 5.82 Å². The molecule has 128 valence electrons. The number of fused-ring (bicyclic) bond motifs is 1. The van der Waals surface area contributed by atoms with Gasteiger partial charge in [-0.3, -0.25) is 10.1 Å². The van der Waals surface area contributed by atoms with Crippen LogP contribution in [-0.4, -0.2) is 20.2 Å². The van der Waals surface area contributed by atoms with Crippen LogP contribution in [0.1, 0.15) is 17.0 Å². The fourth-order valence-corrected chi connectivity index (χ4v) is 3.36. The molecule has 0 aliphatic heterocycles. The minimum Gasteiger partial charge on any atom is -0.259 e. The van der Waals surface area contributed by atoms with Gasteiger partial charge in [0.2, 0.25) is 5.16 Å². The molecule has 1 N–H and O–H groups in total. The number of nitrogens with zero attached hydrogens (tertiary/aromatic N) is 3. The molecule has 0 aliphatic rings. The van der Waals surface area contributed by atoms with E-state index < -0.39 is 0 Å². The highest BCUT2D eigenvalue weighted by Gasteiger charge is 2.06. The van der Waals surface area contributed by atoms with E-state index in [0.29, 0.717) is 11.0 Å². The molecule has 0 aliphatic carbocycles. The third-order valence-corrected chi connectivity index (χ3v) is 4.76. The largest absolute Gasteiger partial charge is 0.259 e. The summed E-state index contributed by atoms with van der Waals surface area (Å²) in [5.74, 6) is 1.16. The zero-order chi connectivity index (χ0) is 17.8. The summed E-state index contributed by atoms with van der Waals surface area (Å²) in [6.45, 7) is 0. The number of nitrogens with one attached hydrogen (secondary N) is 1. The van der Waals surface area contributed by atoms with E-state index in [1.54, 1.807) is 23.9 Å². The minimum atomic E-state index is -0.247. The second kappa shape index (κ2) is 7.49. The first-order chi connectivity index (χ1) is 12.8. The molecular formula is C20H15FN4S. The number of halogens is 1. The molecule has 4 rings (SSSR count). The maximum absolute atomic E-state index is 12.9. The molecule has 0 unspecified atom stereocenters. The van der Waals surface area contributed by atoms with E-state index in [1.165, 1.54) is 12.1 Å². The van der Waals surface area contributed by atoms with E-state index in [4.69, 9.17) is 0 Å². The number of pyridine rings is 1. The molecule has 6 heteroatoms. The third-order valence-electron chi connectivity index (χ3n) is 3.86. The lowest BCUT2D eigenvalue weighted by Crippen LogP contribution is -1.87. The molecule has 0 fully saturated rings. The highest BCUT2D eigenvalue weighted by Crippen LogP contribution is 2.24. The first-order valence-corrected chi connectivity index (χ1v) is 9.08. The molecule has 4 aromatic rings. The molecule has 0 radical (unpaired) electrons. The zero-order valence-corrected chi connectivity index (χ0v) is 14.6. The van der Waals surface area contributed by atoms with Crippen molar-refractivity contribution in [2.24, 2.45) is 0 Å². The molecule has 0 amide bonds. The molecule has 2 aromatic heterocycles. The van der Waals surface area contributed by atoms with Gasteiger partial charge in [-0.1, -0.05) is 54.2 Å². The fraction of sp³-hybridized carbons (Fsp3) is 0.0500. The summed E-state index contributed by atoms with van der Waals surface area (Å²) in [7, 11) is 0. The molecule has 2 heterocycles. The average Bonchev–Trinajstić information content (AvgIpc) is 3.14. The second-order valence-electron chi connectivity index (χ2n) is 5.67. The first-order valence-electron chi connectivity index (χ1n) is 8.09. The Kier molecular flexibility index (Phi) is 4.75. The summed E-state index contributed by atoms with van der Waals surface area (Å²) in [5, 5.41) is 8.94. The van der Waals surface area contributed by atoms with Crippen LogP contribution in [-0.2, 0) is 5.75 Å². The van der Waals surface area contributed by atoms with Crippen LogP contribution < -0.4 is 0 Å². The predicted octanol–water partition coefficient (Wildman–Crippen LogP) is 4.95. The Labute approximate surface area is 154 Å². The molecule has 0 saturated carbocycles. The zero-order valence-electron chi connectivity index (χ0n) is 13.8. The summed E-state index contributed by atoms with van der Waals surface area (Å²) < 4.78 is 12.9. The van der Waals surface area contributed by atoms with E-state index in [9.17, 15) is 4.39 Å². The number of aromatic amines is 1. The number of para-hydroxylation sites is 1. The lowest BCUT2D eigenvalue weighted by atomic mass is 10.1. The SMILES string of the molecule is Fc1ccc(/C=C/c2nc(SCc3cccc4cccnc34)n[nH]2)cc1. The van der Waals surface area contributed by atoms with Crippen molar-refractivity contribution in [3.8, 4) is 0 Å². The van der Waals surface area contributed by atoms with Gasteiger partial charge in [0, 0.05) is 17.3 Å². The third kappa shape index (κ3) is 3.81. The van der Waals surface area contributed by atoms with E-state index in [1.807, 2.05) is 30.5 Å². The first kappa shape index (κ1) is 16.5. The van der Waals surface area contributed by atoms with Gasteiger partial charge >= 0.3 is 0 Å². The van der Waals surface area contributed by atoms with Crippen LogP contribution in [0.2, 0.25) is 0 Å². The van der Waals surface area contributed by atoms with E-state index >= 15 is 0 Å². The Bertz CT molecular complexity index is 1050. The van der Waals surface area contributed by atoms with Gasteiger partial charge in [0.05, 0.1) is 5.52 Å². The van der Waals surface area contributed by atoms with Crippen molar-refractivity contribution in [3.63, 3.8) is 0 Å². The predicted molar refractivity (Wildman–Crippen MR) is 103 cm³/mol. The lowest BCUT2D eigenvalue weighted by molar-refractivity contribution is 0.628. The number of H-pyrrole nitrogens is 1. The summed E-state index contributed by atoms with van der Waals surface area (Å²) in [5.41, 5.74) is 3.06. The Morgan fingerprint density at radius 3 is 2.73 bits per heavy atom. The number of aromatic nitrogens is 4. The van der Waals surface area contributed by atoms with Crippen molar-refractivity contribution in [1.29, 1.82) is 0 Å². The van der Waals surface area contributed by atoms with Crippen LogP contribution in [0.15, 0.2) is 66.0 Å². The van der Waals surface area contributed by atoms with Crippen LogP contribution in [0.25, 0.3) is 23.1 Å². The van der Waals surface area contributed by atoms with Crippen molar-refractivity contribution >= 4 is 34.8 Å². The standard InChI is InChI=1S/C20H15FN4S/c21-17-9-6-14(7-10-17)8-11-18-23-20(25-24-18)26-13-16-4-1-3-15-5-2-12-22-19(15)16/h1-12H,13H2,(H,23,24,25)/b11-8+. The molecule has 4 nitrogen and oxygen atoms in total. The van der Waals surface area contributed by atoms with Gasteiger partial charge < -0.3 is 0 Å². The molecule has 0 saturated heterocycles. The van der Waals surface area contributed by atoms with Gasteiger partial charge in [-0.05, 0) is 35.4 Å². The van der Waals surface area contributed by atoms with Crippen LogP contribution in [0.3, 0.4) is 0 Å². The molecule has 2 aromatic carbocycles. The van der Waals surface area contributed by atoms with Gasteiger partial charge in [-0.25, -0.2) is 9.37 Å². The van der Waals surface area contributed by atoms with E-state index in [2.05, 4.69) is 38.4 Å². The topological polar surface area (TPSA) is 54.5 Å². The van der Waals surface area contributed by atoms with Crippen molar-refractivity contribution in [2.75, 3.05) is 0 Å². The summed E-state index contributed by atoms with van der Waals surface area (Å²) in [6.07, 6.45) is 5.49. The maximum Gasteiger partial charge on any atom is 0.209 e. The summed E-state index contributed by atoms with van der Waals surface area (Å²) in [4.78, 5) is 8.92. The number of hydrogen-bond donors (Lipinski definition) is 1. The van der Waals surface area contributed by atoms with Crippen molar-refractivity contribution in [1.82, 2.24) is 20.2 Å².